The highest BCUT2D eigenvalue weighted by Gasteiger charge is 2.26. The number of rotatable bonds is 5. The van der Waals surface area contributed by atoms with E-state index in [9.17, 15) is 13.6 Å². The van der Waals surface area contributed by atoms with Gasteiger partial charge in [-0.05, 0) is 42.0 Å². The fourth-order valence-electron chi connectivity index (χ4n) is 2.13. The Bertz CT molecular complexity index is 765. The Labute approximate surface area is 142 Å². The lowest BCUT2D eigenvalue weighted by Gasteiger charge is -2.24. The number of hydrogen-bond donors (Lipinski definition) is 1. The lowest BCUT2D eigenvalue weighted by atomic mass is 10.2. The molecule has 8 heteroatoms. The molecule has 2 aromatic carbocycles. The number of alkyl halides is 2. The van der Waals surface area contributed by atoms with Crippen LogP contribution in [0.25, 0.3) is 0 Å². The second kappa shape index (κ2) is 7.61. The van der Waals surface area contributed by atoms with Crippen molar-refractivity contribution in [2.24, 2.45) is 5.10 Å². The van der Waals surface area contributed by atoms with E-state index in [4.69, 9.17) is 9.47 Å². The van der Waals surface area contributed by atoms with Crippen LogP contribution in [0.1, 0.15) is 5.56 Å². The van der Waals surface area contributed by atoms with Crippen molar-refractivity contribution in [3.05, 3.63) is 54.1 Å². The largest absolute Gasteiger partial charge is 0.485 e. The molecule has 0 aliphatic carbocycles. The molecule has 0 bridgehead atoms. The molecule has 0 saturated heterocycles. The molecule has 25 heavy (non-hydrogen) atoms. The number of ether oxygens (including phenoxy) is 3. The molecule has 130 valence electrons. The van der Waals surface area contributed by atoms with Gasteiger partial charge in [0.2, 0.25) is 6.10 Å². The number of carbonyl (C=O) groups excluding carboxylic acids is 1. The highest BCUT2D eigenvalue weighted by atomic mass is 19.3. The topological polar surface area (TPSA) is 69.2 Å². The first kappa shape index (κ1) is 16.7. The number of amides is 1. The third-order valence-electron chi connectivity index (χ3n) is 3.29. The highest BCUT2D eigenvalue weighted by molar-refractivity contribution is 5.85. The van der Waals surface area contributed by atoms with Gasteiger partial charge in [-0.15, -0.1) is 0 Å². The van der Waals surface area contributed by atoms with Crippen molar-refractivity contribution in [1.82, 2.24) is 5.43 Å². The van der Waals surface area contributed by atoms with Gasteiger partial charge in [-0.2, -0.15) is 13.9 Å². The van der Waals surface area contributed by atoms with Gasteiger partial charge in [0.1, 0.15) is 12.4 Å². The van der Waals surface area contributed by atoms with Gasteiger partial charge in [0.15, 0.2) is 11.5 Å². The molecule has 3 rings (SSSR count). The zero-order valence-corrected chi connectivity index (χ0v) is 12.9. The molecule has 1 amide bonds. The first-order valence-electron chi connectivity index (χ1n) is 7.38. The van der Waals surface area contributed by atoms with Crippen LogP contribution in [0.4, 0.5) is 8.78 Å². The maximum absolute atomic E-state index is 12.1. The lowest BCUT2D eigenvalue weighted by Crippen LogP contribution is -2.42. The van der Waals surface area contributed by atoms with Crippen molar-refractivity contribution in [2.75, 3.05) is 6.61 Å². The van der Waals surface area contributed by atoms with Crippen LogP contribution in [-0.2, 0) is 4.79 Å². The zero-order chi connectivity index (χ0) is 17.6. The molecule has 1 heterocycles. The van der Waals surface area contributed by atoms with Crippen LogP contribution >= 0.6 is 0 Å². The van der Waals surface area contributed by atoms with Gasteiger partial charge < -0.3 is 14.2 Å². The number of halogens is 2. The summed E-state index contributed by atoms with van der Waals surface area (Å²) in [5.74, 6) is 0.666. The number of benzene rings is 2. The minimum atomic E-state index is -2.87. The summed E-state index contributed by atoms with van der Waals surface area (Å²) in [7, 11) is 0. The van der Waals surface area contributed by atoms with E-state index in [2.05, 4.69) is 15.3 Å². The van der Waals surface area contributed by atoms with Gasteiger partial charge in [-0.3, -0.25) is 4.79 Å². The molecule has 2 aromatic rings. The van der Waals surface area contributed by atoms with Gasteiger partial charge >= 0.3 is 6.61 Å². The first-order valence-corrected chi connectivity index (χ1v) is 7.38. The van der Waals surface area contributed by atoms with Crippen molar-refractivity contribution in [2.45, 2.75) is 12.7 Å². The standard InChI is InChI=1S/C17H14F2N2O4/c18-17(19)24-12-7-5-11(6-8-12)9-20-21-16(22)15-10-23-13-3-1-2-4-14(13)25-15/h1-9,15,17H,10H2,(H,21,22)/b20-9+. The minimum Gasteiger partial charge on any atom is -0.485 e. The van der Waals surface area contributed by atoms with Gasteiger partial charge in [0.25, 0.3) is 5.91 Å². The van der Waals surface area contributed by atoms with E-state index in [0.29, 0.717) is 17.1 Å². The second-order valence-corrected chi connectivity index (χ2v) is 5.05. The molecule has 1 atom stereocenters. The molecular weight excluding hydrogens is 334 g/mol. The van der Waals surface area contributed by atoms with Gasteiger partial charge in [-0.25, -0.2) is 5.43 Å². The average molecular weight is 348 g/mol. The highest BCUT2D eigenvalue weighted by Crippen LogP contribution is 2.30. The molecule has 1 N–H and O–H groups in total. The summed E-state index contributed by atoms with van der Waals surface area (Å²) in [4.78, 5) is 12.0. The Morgan fingerprint density at radius 3 is 2.64 bits per heavy atom. The SMILES string of the molecule is O=C(N/N=C/c1ccc(OC(F)F)cc1)C1COc2ccccc2O1. The van der Waals surface area contributed by atoms with Crippen LogP contribution in [0.3, 0.4) is 0 Å². The van der Waals surface area contributed by atoms with Crippen molar-refractivity contribution in [3.63, 3.8) is 0 Å². The fourth-order valence-corrected chi connectivity index (χ4v) is 2.13. The quantitative estimate of drug-likeness (QED) is 0.666. The van der Waals surface area contributed by atoms with Crippen LogP contribution < -0.4 is 19.6 Å². The Morgan fingerprint density at radius 1 is 1.20 bits per heavy atom. The van der Waals surface area contributed by atoms with E-state index in [-0.39, 0.29) is 12.4 Å². The first-order chi connectivity index (χ1) is 12.1. The fraction of sp³-hybridized carbons (Fsp3) is 0.176. The monoisotopic (exact) mass is 348 g/mol. The van der Waals surface area contributed by atoms with E-state index >= 15 is 0 Å². The predicted molar refractivity (Wildman–Crippen MR) is 85.2 cm³/mol. The van der Waals surface area contributed by atoms with Crippen molar-refractivity contribution < 1.29 is 27.8 Å². The molecule has 0 radical (unpaired) electrons. The maximum atomic E-state index is 12.1. The van der Waals surface area contributed by atoms with Crippen LogP contribution in [0.2, 0.25) is 0 Å². The molecular formula is C17H14F2N2O4. The number of hydrogen-bond acceptors (Lipinski definition) is 5. The number of nitrogens with zero attached hydrogens (tertiary/aromatic N) is 1. The van der Waals surface area contributed by atoms with E-state index < -0.39 is 18.6 Å². The number of hydrazone groups is 1. The zero-order valence-electron chi connectivity index (χ0n) is 12.9. The molecule has 1 aliphatic heterocycles. The predicted octanol–water partition coefficient (Wildman–Crippen LogP) is 2.58. The molecule has 0 spiro atoms. The van der Waals surface area contributed by atoms with Crippen molar-refractivity contribution in [3.8, 4) is 17.2 Å². The number of nitrogens with one attached hydrogen (secondary N) is 1. The van der Waals surface area contributed by atoms with Crippen LogP contribution in [0, 0.1) is 0 Å². The summed E-state index contributed by atoms with van der Waals surface area (Å²) >= 11 is 0. The van der Waals surface area contributed by atoms with Crippen LogP contribution in [0.15, 0.2) is 53.6 Å². The number of para-hydroxylation sites is 2. The Morgan fingerprint density at radius 2 is 1.92 bits per heavy atom. The Kier molecular flexibility index (Phi) is 5.08. The molecule has 0 fully saturated rings. The summed E-state index contributed by atoms with van der Waals surface area (Å²) in [5.41, 5.74) is 2.96. The van der Waals surface area contributed by atoms with E-state index in [1.165, 1.54) is 30.5 Å². The van der Waals surface area contributed by atoms with Gasteiger partial charge in [0, 0.05) is 0 Å². The summed E-state index contributed by atoms with van der Waals surface area (Å²) in [5, 5.41) is 3.81. The summed E-state index contributed by atoms with van der Waals surface area (Å²) in [6.07, 6.45) is 0.565. The summed E-state index contributed by atoms with van der Waals surface area (Å²) in [6, 6.07) is 12.9. The minimum absolute atomic E-state index is 0.0441. The normalized spacial score (nSPS) is 16.0. The molecule has 0 aromatic heterocycles. The van der Waals surface area contributed by atoms with E-state index in [1.54, 1.807) is 18.2 Å². The molecule has 1 aliphatic rings. The second-order valence-electron chi connectivity index (χ2n) is 5.05. The molecule has 6 nitrogen and oxygen atoms in total. The number of carbonyl (C=O) groups is 1. The van der Waals surface area contributed by atoms with Crippen LogP contribution in [-0.4, -0.2) is 31.4 Å². The molecule has 1 unspecified atom stereocenters. The number of fused-ring (bicyclic) bond motifs is 1. The van der Waals surface area contributed by atoms with E-state index in [0.717, 1.165) is 0 Å². The Hall–Kier alpha value is -3.16. The van der Waals surface area contributed by atoms with Gasteiger partial charge in [0.05, 0.1) is 6.21 Å². The van der Waals surface area contributed by atoms with Crippen LogP contribution in [0.5, 0.6) is 17.2 Å². The lowest BCUT2D eigenvalue weighted by molar-refractivity contribution is -0.130. The summed E-state index contributed by atoms with van der Waals surface area (Å²) < 4.78 is 39.4. The third-order valence-corrected chi connectivity index (χ3v) is 3.29. The average Bonchev–Trinajstić information content (AvgIpc) is 2.62. The van der Waals surface area contributed by atoms with E-state index in [1.807, 2.05) is 6.07 Å². The smallest absolute Gasteiger partial charge is 0.387 e. The van der Waals surface area contributed by atoms with Gasteiger partial charge in [-0.1, -0.05) is 12.1 Å². The van der Waals surface area contributed by atoms with Crippen molar-refractivity contribution >= 4 is 12.1 Å². The van der Waals surface area contributed by atoms with Crippen molar-refractivity contribution in [1.29, 1.82) is 0 Å². The summed E-state index contributed by atoms with van der Waals surface area (Å²) in [6.45, 7) is -2.79. The third kappa shape index (κ3) is 4.43. The Balaban J connectivity index is 1.53. The maximum Gasteiger partial charge on any atom is 0.387 e. The molecule has 0 saturated carbocycles.